The maximum atomic E-state index is 10.8. The molecule has 17 heavy (non-hydrogen) atoms. The van der Waals surface area contributed by atoms with E-state index in [4.69, 9.17) is 4.74 Å². The molecule has 1 aromatic rings. The minimum atomic E-state index is -0.420. The molecule has 1 fully saturated rings. The first kappa shape index (κ1) is 12.5. The molecule has 0 atom stereocenters. The van der Waals surface area contributed by atoms with Gasteiger partial charge >= 0.3 is 5.82 Å². The molecule has 0 N–H and O–H groups in total. The van der Waals surface area contributed by atoms with Gasteiger partial charge in [0.1, 0.15) is 6.54 Å². The first-order chi connectivity index (χ1) is 8.18. The minimum absolute atomic E-state index is 0.0123. The number of nitrogens with zero attached hydrogens (tertiary/aromatic N) is 4. The summed E-state index contributed by atoms with van der Waals surface area (Å²) < 4.78 is 7.08. The molecule has 1 aromatic heterocycles. The molecular weight excluding hydrogens is 292 g/mol. The molecule has 0 aliphatic carbocycles. The first-order valence-electron chi connectivity index (χ1n) is 5.33. The van der Waals surface area contributed by atoms with E-state index in [9.17, 15) is 10.1 Å². The molecule has 2 rings (SSSR count). The smallest absolute Gasteiger partial charge is 0.357 e. The molecule has 94 valence electrons. The summed E-state index contributed by atoms with van der Waals surface area (Å²) in [4.78, 5) is 16.5. The van der Waals surface area contributed by atoms with E-state index in [1.807, 2.05) is 0 Å². The van der Waals surface area contributed by atoms with Crippen LogP contribution in [0, 0.1) is 10.1 Å². The Labute approximate surface area is 107 Å². The van der Waals surface area contributed by atoms with Gasteiger partial charge in [-0.05, 0) is 20.9 Å². The summed E-state index contributed by atoms with van der Waals surface area (Å²) in [5.74, 6) is 0.0123. The zero-order chi connectivity index (χ0) is 12.3. The lowest BCUT2D eigenvalue weighted by atomic mass is 10.4. The van der Waals surface area contributed by atoms with E-state index in [0.717, 1.165) is 32.8 Å². The molecule has 0 amide bonds. The Bertz CT molecular complexity index is 403. The third kappa shape index (κ3) is 3.02. The molecule has 1 aliphatic rings. The van der Waals surface area contributed by atoms with Crippen LogP contribution in [0.15, 0.2) is 10.9 Å². The standard InChI is InChI=1S/C9H13BrN4O3/c10-8-9(14(15)16)13(7-11-8)2-1-12-3-5-17-6-4-12/h7H,1-6H2. The summed E-state index contributed by atoms with van der Waals surface area (Å²) >= 11 is 3.08. The number of aromatic nitrogens is 2. The Balaban J connectivity index is 1.96. The second-order valence-electron chi connectivity index (χ2n) is 3.76. The van der Waals surface area contributed by atoms with E-state index in [1.54, 1.807) is 4.57 Å². The topological polar surface area (TPSA) is 73.4 Å². The average molecular weight is 305 g/mol. The van der Waals surface area contributed by atoms with E-state index in [0.29, 0.717) is 6.54 Å². The number of nitro groups is 1. The van der Waals surface area contributed by atoms with E-state index in [2.05, 4.69) is 25.8 Å². The van der Waals surface area contributed by atoms with Crippen LogP contribution in [0.4, 0.5) is 5.82 Å². The highest BCUT2D eigenvalue weighted by Crippen LogP contribution is 2.22. The van der Waals surface area contributed by atoms with Crippen molar-refractivity contribution in [2.75, 3.05) is 32.8 Å². The molecule has 0 unspecified atom stereocenters. The van der Waals surface area contributed by atoms with Gasteiger partial charge in [-0.2, -0.15) is 0 Å². The van der Waals surface area contributed by atoms with Crippen molar-refractivity contribution < 1.29 is 9.66 Å². The van der Waals surface area contributed by atoms with Crippen LogP contribution in [0.5, 0.6) is 0 Å². The van der Waals surface area contributed by atoms with Crippen molar-refractivity contribution in [3.8, 4) is 0 Å². The van der Waals surface area contributed by atoms with Gasteiger partial charge in [0.05, 0.1) is 13.2 Å². The van der Waals surface area contributed by atoms with Crippen molar-refractivity contribution in [3.05, 3.63) is 21.0 Å². The fourth-order valence-electron chi connectivity index (χ4n) is 1.77. The molecule has 1 aliphatic heterocycles. The van der Waals surface area contributed by atoms with Gasteiger partial charge in [-0.3, -0.25) is 4.90 Å². The highest BCUT2D eigenvalue weighted by Gasteiger charge is 2.20. The average Bonchev–Trinajstić information content (AvgIpc) is 2.69. The van der Waals surface area contributed by atoms with Gasteiger partial charge in [0.2, 0.25) is 4.60 Å². The maximum Gasteiger partial charge on any atom is 0.357 e. The van der Waals surface area contributed by atoms with Crippen molar-refractivity contribution in [2.24, 2.45) is 0 Å². The summed E-state index contributed by atoms with van der Waals surface area (Å²) in [5.41, 5.74) is 0. The molecular formula is C9H13BrN4O3. The number of hydrogen-bond donors (Lipinski definition) is 0. The van der Waals surface area contributed by atoms with Gasteiger partial charge in [0, 0.05) is 19.6 Å². The van der Waals surface area contributed by atoms with E-state index in [1.165, 1.54) is 6.33 Å². The molecule has 0 saturated carbocycles. The van der Waals surface area contributed by atoms with Crippen molar-refractivity contribution in [1.82, 2.24) is 14.5 Å². The van der Waals surface area contributed by atoms with Gasteiger partial charge < -0.3 is 14.9 Å². The number of ether oxygens (including phenoxy) is 1. The summed E-state index contributed by atoms with van der Waals surface area (Å²) in [6.45, 7) is 4.56. The SMILES string of the molecule is O=[N+]([O-])c1c(Br)ncn1CCN1CCOCC1. The fourth-order valence-corrected chi connectivity index (χ4v) is 2.23. The summed E-state index contributed by atoms with van der Waals surface area (Å²) in [6, 6.07) is 0. The molecule has 0 bridgehead atoms. The predicted octanol–water partition coefficient (Wildman–Crippen LogP) is 0.886. The van der Waals surface area contributed by atoms with E-state index >= 15 is 0 Å². The third-order valence-electron chi connectivity index (χ3n) is 2.70. The van der Waals surface area contributed by atoms with Crippen molar-refractivity contribution in [1.29, 1.82) is 0 Å². The van der Waals surface area contributed by atoms with E-state index in [-0.39, 0.29) is 10.4 Å². The molecule has 0 spiro atoms. The first-order valence-corrected chi connectivity index (χ1v) is 6.13. The Hall–Kier alpha value is -0.990. The van der Waals surface area contributed by atoms with Crippen LogP contribution in [0.2, 0.25) is 0 Å². The summed E-state index contributed by atoms with van der Waals surface area (Å²) in [6.07, 6.45) is 1.49. The van der Waals surface area contributed by atoms with Crippen molar-refractivity contribution in [3.63, 3.8) is 0 Å². The normalized spacial score (nSPS) is 17.2. The van der Waals surface area contributed by atoms with Gasteiger partial charge in [-0.25, -0.2) is 9.55 Å². The molecule has 0 aromatic carbocycles. The summed E-state index contributed by atoms with van der Waals surface area (Å²) in [7, 11) is 0. The molecule has 1 saturated heterocycles. The second kappa shape index (κ2) is 5.56. The molecule has 2 heterocycles. The molecule has 0 radical (unpaired) electrons. The minimum Gasteiger partial charge on any atom is -0.379 e. The summed E-state index contributed by atoms with van der Waals surface area (Å²) in [5, 5.41) is 10.8. The van der Waals surface area contributed by atoms with Crippen LogP contribution in [0.3, 0.4) is 0 Å². The van der Waals surface area contributed by atoms with Crippen LogP contribution in [-0.4, -0.2) is 52.2 Å². The highest BCUT2D eigenvalue weighted by atomic mass is 79.9. The largest absolute Gasteiger partial charge is 0.379 e. The third-order valence-corrected chi connectivity index (χ3v) is 3.26. The number of imidazole rings is 1. The lowest BCUT2D eigenvalue weighted by Crippen LogP contribution is -2.38. The van der Waals surface area contributed by atoms with Crippen LogP contribution >= 0.6 is 15.9 Å². The Morgan fingerprint density at radius 1 is 1.47 bits per heavy atom. The van der Waals surface area contributed by atoms with Crippen LogP contribution in [0.1, 0.15) is 0 Å². The van der Waals surface area contributed by atoms with Gasteiger partial charge in [-0.1, -0.05) is 0 Å². The molecule has 7 nitrogen and oxygen atoms in total. The van der Waals surface area contributed by atoms with E-state index < -0.39 is 4.92 Å². The Kier molecular flexibility index (Phi) is 4.08. The van der Waals surface area contributed by atoms with Gasteiger partial charge in [-0.15, -0.1) is 0 Å². The number of hydrogen-bond acceptors (Lipinski definition) is 5. The van der Waals surface area contributed by atoms with Crippen molar-refractivity contribution >= 4 is 21.7 Å². The van der Waals surface area contributed by atoms with Crippen molar-refractivity contribution in [2.45, 2.75) is 6.54 Å². The quantitative estimate of drug-likeness (QED) is 0.610. The predicted molar refractivity (Wildman–Crippen MR) is 63.8 cm³/mol. The zero-order valence-corrected chi connectivity index (χ0v) is 10.8. The monoisotopic (exact) mass is 304 g/mol. The van der Waals surface area contributed by atoms with Crippen LogP contribution in [0.25, 0.3) is 0 Å². The van der Waals surface area contributed by atoms with Crippen LogP contribution < -0.4 is 0 Å². The Morgan fingerprint density at radius 3 is 2.82 bits per heavy atom. The molecule has 8 heteroatoms. The van der Waals surface area contributed by atoms with Gasteiger partial charge in [0.25, 0.3) is 0 Å². The van der Waals surface area contributed by atoms with Crippen LogP contribution in [-0.2, 0) is 11.3 Å². The number of halogens is 1. The lowest BCUT2D eigenvalue weighted by Gasteiger charge is -2.25. The maximum absolute atomic E-state index is 10.8. The second-order valence-corrected chi connectivity index (χ2v) is 4.51. The number of morpholine rings is 1. The highest BCUT2D eigenvalue weighted by molar-refractivity contribution is 9.10. The Morgan fingerprint density at radius 2 is 2.18 bits per heavy atom. The van der Waals surface area contributed by atoms with Gasteiger partial charge in [0.15, 0.2) is 6.33 Å². The zero-order valence-electron chi connectivity index (χ0n) is 9.21. The fraction of sp³-hybridized carbons (Fsp3) is 0.667. The number of rotatable bonds is 4. The lowest BCUT2D eigenvalue weighted by molar-refractivity contribution is -0.393.